The number of methoxy groups -OCH3 is 1. The zero-order valence-corrected chi connectivity index (χ0v) is 20.0. The van der Waals surface area contributed by atoms with E-state index in [1.165, 1.54) is 11.8 Å². The largest absolute Gasteiger partial charge is 0.497 e. The summed E-state index contributed by atoms with van der Waals surface area (Å²) >= 11 is 14.1. The third-order valence-corrected chi connectivity index (χ3v) is 6.33. The minimum Gasteiger partial charge on any atom is -0.497 e. The zero-order valence-electron chi connectivity index (χ0n) is 17.7. The maximum atomic E-state index is 12.5. The number of hydrogen-bond donors (Lipinski definition) is 1. The van der Waals surface area contributed by atoms with Crippen molar-refractivity contribution in [2.45, 2.75) is 17.5 Å². The molecule has 0 bridgehead atoms. The average Bonchev–Trinajstić information content (AvgIpc) is 3.24. The molecule has 6 nitrogen and oxygen atoms in total. The van der Waals surface area contributed by atoms with E-state index < -0.39 is 0 Å². The molecule has 1 heterocycles. The van der Waals surface area contributed by atoms with Crippen LogP contribution in [0.2, 0.25) is 10.0 Å². The highest BCUT2D eigenvalue weighted by Gasteiger charge is 2.18. The number of nitrogens with zero attached hydrogens (tertiary/aromatic N) is 3. The molecule has 4 aromatic rings. The van der Waals surface area contributed by atoms with Crippen LogP contribution in [-0.4, -0.2) is 27.8 Å². The van der Waals surface area contributed by atoms with Crippen LogP contribution < -0.4 is 10.1 Å². The van der Waals surface area contributed by atoms with Gasteiger partial charge < -0.3 is 10.1 Å². The molecule has 0 atom stereocenters. The molecule has 0 aliphatic rings. The first-order valence-electron chi connectivity index (χ1n) is 10.0. The second-order valence-corrected chi connectivity index (χ2v) is 8.80. The fourth-order valence-electron chi connectivity index (χ4n) is 3.17. The van der Waals surface area contributed by atoms with Crippen molar-refractivity contribution < 1.29 is 9.53 Å². The van der Waals surface area contributed by atoms with Crippen molar-refractivity contribution in [3.05, 3.63) is 99.8 Å². The van der Waals surface area contributed by atoms with E-state index in [0.29, 0.717) is 38.0 Å². The zero-order chi connectivity index (χ0) is 23.2. The molecule has 0 radical (unpaired) electrons. The lowest BCUT2D eigenvalue weighted by atomic mass is 10.2. The van der Waals surface area contributed by atoms with E-state index in [4.69, 9.17) is 27.9 Å². The van der Waals surface area contributed by atoms with E-state index in [2.05, 4.69) is 15.5 Å². The first-order valence-corrected chi connectivity index (χ1v) is 11.8. The summed E-state index contributed by atoms with van der Waals surface area (Å²) in [7, 11) is 1.64. The van der Waals surface area contributed by atoms with Gasteiger partial charge in [0.15, 0.2) is 11.0 Å². The van der Waals surface area contributed by atoms with Crippen LogP contribution in [0, 0.1) is 0 Å². The number of carbonyl (C=O) groups excluding carboxylic acids is 1. The summed E-state index contributed by atoms with van der Waals surface area (Å²) in [5.41, 5.74) is 2.33. The van der Waals surface area contributed by atoms with Gasteiger partial charge in [0.05, 0.1) is 24.4 Å². The first-order chi connectivity index (χ1) is 16.0. The third-order valence-electron chi connectivity index (χ3n) is 4.80. The Morgan fingerprint density at radius 2 is 1.85 bits per heavy atom. The molecule has 1 aromatic heterocycles. The molecular weight excluding hydrogens is 479 g/mol. The van der Waals surface area contributed by atoms with Gasteiger partial charge in [0.2, 0.25) is 0 Å². The van der Waals surface area contributed by atoms with Crippen LogP contribution in [0.15, 0.2) is 78.0 Å². The summed E-state index contributed by atoms with van der Waals surface area (Å²) in [5.74, 6) is 1.80. The molecule has 0 saturated carbocycles. The van der Waals surface area contributed by atoms with Gasteiger partial charge in [-0.05, 0) is 48.0 Å². The highest BCUT2D eigenvalue weighted by molar-refractivity contribution is 7.98. The van der Waals surface area contributed by atoms with Crippen LogP contribution in [0.4, 0.5) is 0 Å². The summed E-state index contributed by atoms with van der Waals surface area (Å²) < 4.78 is 7.15. The van der Waals surface area contributed by atoms with Gasteiger partial charge in [0.25, 0.3) is 5.91 Å². The van der Waals surface area contributed by atoms with E-state index in [-0.39, 0.29) is 12.5 Å². The Hall–Kier alpha value is -3.00. The highest BCUT2D eigenvalue weighted by Crippen LogP contribution is 2.31. The Morgan fingerprint density at radius 1 is 1.03 bits per heavy atom. The molecule has 0 spiro atoms. The third kappa shape index (κ3) is 5.68. The number of hydrogen-bond acceptors (Lipinski definition) is 5. The Bertz CT molecular complexity index is 1260. The van der Waals surface area contributed by atoms with Crippen LogP contribution in [0.1, 0.15) is 21.7 Å². The van der Waals surface area contributed by atoms with Crippen molar-refractivity contribution in [1.82, 2.24) is 20.1 Å². The van der Waals surface area contributed by atoms with E-state index in [1.807, 2.05) is 53.1 Å². The number of rotatable bonds is 8. The van der Waals surface area contributed by atoms with Gasteiger partial charge >= 0.3 is 0 Å². The highest BCUT2D eigenvalue weighted by atomic mass is 35.5. The molecule has 0 unspecified atom stereocenters. The molecule has 4 rings (SSSR count). The number of nitrogens with one attached hydrogen (secondary N) is 1. The van der Waals surface area contributed by atoms with Gasteiger partial charge in [-0.15, -0.1) is 10.2 Å². The van der Waals surface area contributed by atoms with E-state index in [1.54, 1.807) is 31.4 Å². The Kier molecular flexibility index (Phi) is 7.54. The van der Waals surface area contributed by atoms with E-state index in [9.17, 15) is 4.79 Å². The molecule has 9 heteroatoms. The van der Waals surface area contributed by atoms with Crippen LogP contribution in [0.25, 0.3) is 5.69 Å². The van der Waals surface area contributed by atoms with Crippen molar-refractivity contribution in [3.8, 4) is 11.4 Å². The quantitative estimate of drug-likeness (QED) is 0.310. The first kappa shape index (κ1) is 23.2. The fourth-order valence-corrected chi connectivity index (χ4v) is 4.57. The molecule has 168 valence electrons. The lowest BCUT2D eigenvalue weighted by Gasteiger charge is -2.13. The second kappa shape index (κ2) is 10.7. The number of amides is 1. The number of carbonyl (C=O) groups is 1. The van der Waals surface area contributed by atoms with Crippen molar-refractivity contribution in [1.29, 1.82) is 0 Å². The van der Waals surface area contributed by atoms with Crippen LogP contribution in [-0.2, 0) is 12.3 Å². The van der Waals surface area contributed by atoms with E-state index in [0.717, 1.165) is 11.3 Å². The number of ether oxygens (including phenoxy) is 1. The van der Waals surface area contributed by atoms with Crippen LogP contribution >= 0.6 is 35.0 Å². The predicted octanol–water partition coefficient (Wildman–Crippen LogP) is 5.81. The van der Waals surface area contributed by atoms with Gasteiger partial charge in [-0.2, -0.15) is 0 Å². The van der Waals surface area contributed by atoms with Gasteiger partial charge in [0, 0.05) is 16.3 Å². The molecule has 0 aliphatic heterocycles. The Labute approximate surface area is 205 Å². The summed E-state index contributed by atoms with van der Waals surface area (Å²) in [5, 5.41) is 13.2. The number of thioether (sulfide) groups is 1. The minimum atomic E-state index is -0.196. The second-order valence-electron chi connectivity index (χ2n) is 7.02. The SMILES string of the molecule is COc1cccc(CSc2nnc(CNC(=O)c3ccccc3)n2-c2ccc(Cl)cc2Cl)c1. The van der Waals surface area contributed by atoms with Gasteiger partial charge in [0.1, 0.15) is 5.75 Å². The molecule has 0 fully saturated rings. The van der Waals surface area contributed by atoms with Crippen molar-refractivity contribution >= 4 is 40.9 Å². The maximum Gasteiger partial charge on any atom is 0.251 e. The molecule has 33 heavy (non-hydrogen) atoms. The van der Waals surface area contributed by atoms with Crippen molar-refractivity contribution in [3.63, 3.8) is 0 Å². The molecule has 1 N–H and O–H groups in total. The molecule has 1 amide bonds. The molecular formula is C24H20Cl2N4O2S. The average molecular weight is 499 g/mol. The smallest absolute Gasteiger partial charge is 0.251 e. The summed E-state index contributed by atoms with van der Waals surface area (Å²) in [6.45, 7) is 0.180. The Balaban J connectivity index is 1.61. The predicted molar refractivity (Wildman–Crippen MR) is 132 cm³/mol. The lowest BCUT2D eigenvalue weighted by molar-refractivity contribution is 0.0949. The minimum absolute atomic E-state index is 0.180. The monoisotopic (exact) mass is 498 g/mol. The number of aromatic nitrogens is 3. The summed E-state index contributed by atoms with van der Waals surface area (Å²) in [6.07, 6.45) is 0. The summed E-state index contributed by atoms with van der Waals surface area (Å²) in [4.78, 5) is 12.5. The van der Waals surface area contributed by atoms with Gasteiger partial charge in [-0.1, -0.05) is 65.3 Å². The molecule has 3 aromatic carbocycles. The normalized spacial score (nSPS) is 10.8. The fraction of sp³-hybridized carbons (Fsp3) is 0.125. The topological polar surface area (TPSA) is 69.0 Å². The summed E-state index contributed by atoms with van der Waals surface area (Å²) in [6, 6.07) is 22.1. The number of benzene rings is 3. The molecule has 0 saturated heterocycles. The standard InChI is InChI=1S/C24H20Cl2N4O2S/c1-32-19-9-5-6-16(12-19)15-33-24-29-28-22(14-27-23(31)17-7-3-2-4-8-17)30(24)21-11-10-18(25)13-20(21)26/h2-13H,14-15H2,1H3,(H,27,31). The molecule has 0 aliphatic carbocycles. The number of halogens is 2. The lowest BCUT2D eigenvalue weighted by Crippen LogP contribution is -2.24. The van der Waals surface area contributed by atoms with Crippen molar-refractivity contribution in [2.24, 2.45) is 0 Å². The van der Waals surface area contributed by atoms with Crippen LogP contribution in [0.3, 0.4) is 0 Å². The van der Waals surface area contributed by atoms with E-state index >= 15 is 0 Å². The van der Waals surface area contributed by atoms with Gasteiger partial charge in [-0.3, -0.25) is 9.36 Å². The van der Waals surface area contributed by atoms with Gasteiger partial charge in [-0.25, -0.2) is 0 Å². The van der Waals surface area contributed by atoms with Crippen LogP contribution in [0.5, 0.6) is 5.75 Å². The maximum absolute atomic E-state index is 12.5. The Morgan fingerprint density at radius 3 is 2.61 bits per heavy atom. The van der Waals surface area contributed by atoms with Crippen molar-refractivity contribution in [2.75, 3.05) is 7.11 Å².